The lowest BCUT2D eigenvalue weighted by atomic mass is 10.1. The maximum absolute atomic E-state index is 12.9. The molecule has 1 amide bonds. The number of sulfone groups is 1. The Balaban J connectivity index is 1.78. The molecular weight excluding hydrogens is 390 g/mol. The molecule has 3 aromatic rings. The fourth-order valence-electron chi connectivity index (χ4n) is 3.36. The van der Waals surface area contributed by atoms with Crippen molar-refractivity contribution in [2.24, 2.45) is 0 Å². The fourth-order valence-corrected chi connectivity index (χ4v) is 4.85. The summed E-state index contributed by atoms with van der Waals surface area (Å²) in [6, 6.07) is 12.6. The first-order valence-electron chi connectivity index (χ1n) is 9.11. The van der Waals surface area contributed by atoms with Crippen LogP contribution in [-0.4, -0.2) is 31.2 Å². The second-order valence-corrected chi connectivity index (χ2v) is 9.24. The highest BCUT2D eigenvalue weighted by Gasteiger charge is 2.33. The Morgan fingerprint density at radius 2 is 1.90 bits per heavy atom. The number of anilines is 1. The third-order valence-corrected chi connectivity index (χ3v) is 6.53. The molecule has 4 rings (SSSR count). The molecule has 0 fully saturated rings. The van der Waals surface area contributed by atoms with E-state index < -0.39 is 9.84 Å². The minimum absolute atomic E-state index is 0.123. The number of hydrogen-bond donors (Lipinski definition) is 1. The minimum Gasteiger partial charge on any atom is -0.497 e. The summed E-state index contributed by atoms with van der Waals surface area (Å²) in [6.45, 7) is 4.01. The number of benzene rings is 2. The van der Waals surface area contributed by atoms with Crippen LogP contribution in [0.25, 0.3) is 5.69 Å². The third-order valence-electron chi connectivity index (χ3n) is 5.09. The molecule has 1 aliphatic heterocycles. The van der Waals surface area contributed by atoms with Gasteiger partial charge >= 0.3 is 0 Å². The van der Waals surface area contributed by atoms with Crippen LogP contribution in [0, 0.1) is 13.8 Å². The van der Waals surface area contributed by atoms with Gasteiger partial charge in [-0.15, -0.1) is 0 Å². The molecule has 0 saturated heterocycles. The van der Waals surface area contributed by atoms with Crippen molar-refractivity contribution >= 4 is 21.6 Å². The van der Waals surface area contributed by atoms with Crippen molar-refractivity contribution in [1.29, 1.82) is 0 Å². The number of ether oxygens (including phenoxy) is 1. The molecule has 0 bridgehead atoms. The van der Waals surface area contributed by atoms with E-state index in [1.54, 1.807) is 28.9 Å². The van der Waals surface area contributed by atoms with E-state index in [1.807, 2.05) is 32.0 Å². The Hall–Kier alpha value is -3.13. The summed E-state index contributed by atoms with van der Waals surface area (Å²) < 4.78 is 31.0. The lowest BCUT2D eigenvalue weighted by molar-refractivity contribution is 0.102. The number of methoxy groups -OCH3 is 1. The van der Waals surface area contributed by atoms with Crippen molar-refractivity contribution in [2.75, 3.05) is 12.4 Å². The summed E-state index contributed by atoms with van der Waals surface area (Å²) in [6.07, 6.45) is 0. The second kappa shape index (κ2) is 7.04. The Bertz CT molecular complexity index is 1230. The number of carbonyl (C=O) groups excluding carboxylic acids is 1. The van der Waals surface area contributed by atoms with Crippen LogP contribution in [0.5, 0.6) is 5.75 Å². The number of hydrogen-bond acceptors (Lipinski definition) is 5. The summed E-state index contributed by atoms with van der Waals surface area (Å²) in [7, 11) is -1.73. The normalized spacial score (nSPS) is 14.4. The van der Waals surface area contributed by atoms with Crippen LogP contribution >= 0.6 is 0 Å². The first-order chi connectivity index (χ1) is 13.8. The van der Waals surface area contributed by atoms with E-state index in [1.165, 1.54) is 7.11 Å². The van der Waals surface area contributed by atoms with E-state index in [0.717, 1.165) is 16.8 Å². The highest BCUT2D eigenvalue weighted by Crippen LogP contribution is 2.33. The van der Waals surface area contributed by atoms with Gasteiger partial charge in [0, 0.05) is 11.1 Å². The molecule has 1 aromatic heterocycles. The maximum Gasteiger partial charge on any atom is 0.256 e. The number of nitrogens with zero attached hydrogens (tertiary/aromatic N) is 2. The van der Waals surface area contributed by atoms with Crippen LogP contribution in [0.15, 0.2) is 42.5 Å². The van der Waals surface area contributed by atoms with Gasteiger partial charge < -0.3 is 10.1 Å². The van der Waals surface area contributed by atoms with E-state index in [-0.39, 0.29) is 17.4 Å². The van der Waals surface area contributed by atoms with Crippen LogP contribution in [0.3, 0.4) is 0 Å². The predicted molar refractivity (Wildman–Crippen MR) is 110 cm³/mol. The smallest absolute Gasteiger partial charge is 0.256 e. The molecule has 150 valence electrons. The Kier molecular flexibility index (Phi) is 4.66. The molecule has 2 heterocycles. The Morgan fingerprint density at radius 1 is 1.10 bits per heavy atom. The third kappa shape index (κ3) is 3.63. The summed E-state index contributed by atoms with van der Waals surface area (Å²) in [5, 5.41) is 7.38. The lowest BCUT2D eigenvalue weighted by Crippen LogP contribution is -2.17. The van der Waals surface area contributed by atoms with Gasteiger partial charge in [-0.25, -0.2) is 13.1 Å². The number of amides is 1. The number of nitrogens with one attached hydrogen (secondary N) is 1. The topological polar surface area (TPSA) is 90.3 Å². The van der Waals surface area contributed by atoms with E-state index in [4.69, 9.17) is 4.74 Å². The SMILES string of the molecule is COc1cccc(C(=O)Nc2c3c(nn2-c2ccc(C)c(C)c2)CS(=O)(=O)C3)c1. The molecule has 29 heavy (non-hydrogen) atoms. The first kappa shape index (κ1) is 19.2. The van der Waals surface area contributed by atoms with Crippen LogP contribution in [0.1, 0.15) is 32.7 Å². The fraction of sp³-hybridized carbons (Fsp3) is 0.238. The molecule has 2 aromatic carbocycles. The molecule has 0 spiro atoms. The van der Waals surface area contributed by atoms with Crippen molar-refractivity contribution in [3.63, 3.8) is 0 Å². The van der Waals surface area contributed by atoms with Gasteiger partial charge in [-0.3, -0.25) is 4.79 Å². The molecule has 0 aliphatic carbocycles. The van der Waals surface area contributed by atoms with Crippen molar-refractivity contribution < 1.29 is 17.9 Å². The van der Waals surface area contributed by atoms with Crippen LogP contribution in [0.2, 0.25) is 0 Å². The zero-order chi connectivity index (χ0) is 20.8. The van der Waals surface area contributed by atoms with E-state index >= 15 is 0 Å². The Labute approximate surface area is 169 Å². The number of aryl methyl sites for hydroxylation is 2. The van der Waals surface area contributed by atoms with E-state index in [9.17, 15) is 13.2 Å². The number of carbonyl (C=O) groups is 1. The summed E-state index contributed by atoms with van der Waals surface area (Å²) >= 11 is 0. The van der Waals surface area contributed by atoms with Crippen molar-refractivity contribution in [2.45, 2.75) is 25.4 Å². The van der Waals surface area contributed by atoms with Gasteiger partial charge in [-0.2, -0.15) is 5.10 Å². The van der Waals surface area contributed by atoms with Crippen molar-refractivity contribution in [3.8, 4) is 11.4 Å². The molecule has 0 saturated carbocycles. The average molecular weight is 411 g/mol. The quantitative estimate of drug-likeness (QED) is 0.712. The number of fused-ring (bicyclic) bond motifs is 1. The highest BCUT2D eigenvalue weighted by atomic mass is 32.2. The summed E-state index contributed by atoms with van der Waals surface area (Å²) in [5.41, 5.74) is 4.41. The predicted octanol–water partition coefficient (Wildman–Crippen LogP) is 3.18. The first-order valence-corrected chi connectivity index (χ1v) is 10.9. The van der Waals surface area contributed by atoms with Crippen LogP contribution in [-0.2, 0) is 21.3 Å². The van der Waals surface area contributed by atoms with E-state index in [0.29, 0.717) is 28.4 Å². The number of aromatic nitrogens is 2. The lowest BCUT2D eigenvalue weighted by Gasteiger charge is -2.13. The Morgan fingerprint density at radius 3 is 2.62 bits per heavy atom. The highest BCUT2D eigenvalue weighted by molar-refractivity contribution is 7.90. The van der Waals surface area contributed by atoms with Crippen LogP contribution in [0.4, 0.5) is 5.82 Å². The molecule has 1 aliphatic rings. The molecule has 8 heteroatoms. The largest absolute Gasteiger partial charge is 0.497 e. The monoisotopic (exact) mass is 411 g/mol. The maximum atomic E-state index is 12.9. The second-order valence-electron chi connectivity index (χ2n) is 7.17. The molecule has 0 radical (unpaired) electrons. The van der Waals surface area contributed by atoms with Gasteiger partial charge in [0.25, 0.3) is 5.91 Å². The van der Waals surface area contributed by atoms with Crippen LogP contribution < -0.4 is 10.1 Å². The van der Waals surface area contributed by atoms with Gasteiger partial charge in [0.05, 0.1) is 30.0 Å². The average Bonchev–Trinajstić information content (AvgIpc) is 3.16. The summed E-state index contributed by atoms with van der Waals surface area (Å²) in [4.78, 5) is 12.9. The van der Waals surface area contributed by atoms with Crippen molar-refractivity contribution in [3.05, 3.63) is 70.4 Å². The summed E-state index contributed by atoms with van der Waals surface area (Å²) in [5.74, 6) is 0.328. The molecular formula is C21H21N3O4S. The molecule has 0 atom stereocenters. The zero-order valence-electron chi connectivity index (χ0n) is 16.4. The molecule has 0 unspecified atom stereocenters. The molecule has 7 nitrogen and oxygen atoms in total. The van der Waals surface area contributed by atoms with Gasteiger partial charge in [0.15, 0.2) is 9.84 Å². The van der Waals surface area contributed by atoms with Gasteiger partial charge in [-0.05, 0) is 55.3 Å². The van der Waals surface area contributed by atoms with Gasteiger partial charge in [0.1, 0.15) is 11.6 Å². The van der Waals surface area contributed by atoms with Gasteiger partial charge in [0.2, 0.25) is 0 Å². The van der Waals surface area contributed by atoms with E-state index in [2.05, 4.69) is 10.4 Å². The van der Waals surface area contributed by atoms with Crippen molar-refractivity contribution in [1.82, 2.24) is 9.78 Å². The minimum atomic E-state index is -3.26. The zero-order valence-corrected chi connectivity index (χ0v) is 17.2. The number of rotatable bonds is 4. The standard InChI is InChI=1S/C21H21N3O4S/c1-13-7-8-16(9-14(13)2)24-20(18-11-29(26,27)12-19(18)23-24)22-21(25)15-5-4-6-17(10-15)28-3/h4-10H,11-12H2,1-3H3,(H,22,25). The van der Waals surface area contributed by atoms with Gasteiger partial charge in [-0.1, -0.05) is 12.1 Å². The molecule has 1 N–H and O–H groups in total.